The van der Waals surface area contributed by atoms with Crippen LogP contribution in [0, 0.1) is 0 Å². The second-order valence-corrected chi connectivity index (χ2v) is 5.03. The summed E-state index contributed by atoms with van der Waals surface area (Å²) in [5.41, 5.74) is 9.54. The van der Waals surface area contributed by atoms with E-state index in [-0.39, 0.29) is 0 Å². The Bertz CT molecular complexity index is 559. The van der Waals surface area contributed by atoms with E-state index in [1.165, 1.54) is 11.1 Å². The van der Waals surface area contributed by atoms with Gasteiger partial charge in [-0.2, -0.15) is 0 Å². The number of anilines is 1. The van der Waals surface area contributed by atoms with E-state index in [1.54, 1.807) is 0 Å². The van der Waals surface area contributed by atoms with Gasteiger partial charge < -0.3 is 11.1 Å². The van der Waals surface area contributed by atoms with Crippen molar-refractivity contribution in [3.05, 3.63) is 65.7 Å². The second-order valence-electron chi connectivity index (χ2n) is 5.03. The molecular formula is C18H23N3. The van der Waals surface area contributed by atoms with Crippen LogP contribution in [0.3, 0.4) is 0 Å². The Hall–Kier alpha value is -2.29. The first-order chi connectivity index (χ1) is 10.3. The SMILES string of the molecule is CCc1ccc(NC(N)=NCCCc2ccccc2)cc1. The molecule has 21 heavy (non-hydrogen) atoms. The Morgan fingerprint density at radius 3 is 2.38 bits per heavy atom. The molecule has 0 aliphatic carbocycles. The molecule has 0 atom stereocenters. The van der Waals surface area contributed by atoms with Gasteiger partial charge in [0.2, 0.25) is 0 Å². The molecule has 2 aromatic rings. The minimum Gasteiger partial charge on any atom is -0.370 e. The van der Waals surface area contributed by atoms with E-state index in [0.29, 0.717) is 5.96 Å². The van der Waals surface area contributed by atoms with Gasteiger partial charge in [0.15, 0.2) is 5.96 Å². The van der Waals surface area contributed by atoms with Crippen LogP contribution < -0.4 is 11.1 Å². The number of hydrogen-bond acceptors (Lipinski definition) is 1. The predicted molar refractivity (Wildman–Crippen MR) is 90.7 cm³/mol. The monoisotopic (exact) mass is 281 g/mol. The third kappa shape index (κ3) is 5.30. The van der Waals surface area contributed by atoms with E-state index in [0.717, 1.165) is 31.5 Å². The minimum absolute atomic E-state index is 0.479. The van der Waals surface area contributed by atoms with Crippen LogP contribution in [-0.4, -0.2) is 12.5 Å². The van der Waals surface area contributed by atoms with Gasteiger partial charge in [-0.1, -0.05) is 49.4 Å². The molecule has 0 saturated heterocycles. The maximum absolute atomic E-state index is 5.89. The van der Waals surface area contributed by atoms with Crippen molar-refractivity contribution in [1.29, 1.82) is 0 Å². The summed E-state index contributed by atoms with van der Waals surface area (Å²) in [4.78, 5) is 4.36. The predicted octanol–water partition coefficient (Wildman–Crippen LogP) is 3.61. The first kappa shape index (κ1) is 15.1. The van der Waals surface area contributed by atoms with Gasteiger partial charge >= 0.3 is 0 Å². The third-order valence-corrected chi connectivity index (χ3v) is 3.38. The lowest BCUT2D eigenvalue weighted by Gasteiger charge is -2.06. The van der Waals surface area contributed by atoms with Crippen molar-refractivity contribution in [3.63, 3.8) is 0 Å². The van der Waals surface area contributed by atoms with Gasteiger partial charge in [0.05, 0.1) is 0 Å². The molecule has 3 nitrogen and oxygen atoms in total. The number of nitrogens with zero attached hydrogens (tertiary/aromatic N) is 1. The van der Waals surface area contributed by atoms with Gasteiger partial charge in [-0.3, -0.25) is 4.99 Å². The molecule has 0 aliphatic heterocycles. The van der Waals surface area contributed by atoms with Crippen LogP contribution >= 0.6 is 0 Å². The van der Waals surface area contributed by atoms with Crippen LogP contribution in [-0.2, 0) is 12.8 Å². The highest BCUT2D eigenvalue weighted by atomic mass is 15.1. The second kappa shape index (κ2) is 8.10. The van der Waals surface area contributed by atoms with Crippen LogP contribution in [0.15, 0.2) is 59.6 Å². The number of rotatable bonds is 6. The lowest BCUT2D eigenvalue weighted by atomic mass is 10.1. The Labute approximate surface area is 126 Å². The number of aryl methyl sites for hydroxylation is 2. The van der Waals surface area contributed by atoms with E-state index < -0.39 is 0 Å². The standard InChI is InChI=1S/C18H23N3/c1-2-15-10-12-17(13-11-15)21-18(19)20-14-6-9-16-7-4-3-5-8-16/h3-5,7-8,10-13H,2,6,9,14H2,1H3,(H3,19,20,21). The van der Waals surface area contributed by atoms with Crippen LogP contribution in [0.25, 0.3) is 0 Å². The van der Waals surface area contributed by atoms with Crippen LogP contribution in [0.4, 0.5) is 5.69 Å². The third-order valence-electron chi connectivity index (χ3n) is 3.38. The van der Waals surface area contributed by atoms with Gasteiger partial charge in [0, 0.05) is 12.2 Å². The Morgan fingerprint density at radius 2 is 1.71 bits per heavy atom. The molecule has 0 aliphatic rings. The van der Waals surface area contributed by atoms with Gasteiger partial charge in [-0.15, -0.1) is 0 Å². The number of guanidine groups is 1. The highest BCUT2D eigenvalue weighted by molar-refractivity contribution is 5.92. The Morgan fingerprint density at radius 1 is 1.00 bits per heavy atom. The molecule has 0 saturated carbocycles. The molecule has 0 unspecified atom stereocenters. The van der Waals surface area contributed by atoms with E-state index in [9.17, 15) is 0 Å². The van der Waals surface area contributed by atoms with Crippen molar-refractivity contribution >= 4 is 11.6 Å². The fraction of sp³-hybridized carbons (Fsp3) is 0.278. The molecule has 3 heteroatoms. The van der Waals surface area contributed by atoms with Crippen LogP contribution in [0.1, 0.15) is 24.5 Å². The average molecular weight is 281 g/mol. The summed E-state index contributed by atoms with van der Waals surface area (Å²) in [7, 11) is 0. The van der Waals surface area contributed by atoms with E-state index in [1.807, 2.05) is 18.2 Å². The molecule has 3 N–H and O–H groups in total. The molecule has 0 radical (unpaired) electrons. The van der Waals surface area contributed by atoms with Gasteiger partial charge in [-0.25, -0.2) is 0 Å². The maximum Gasteiger partial charge on any atom is 0.193 e. The number of hydrogen-bond donors (Lipinski definition) is 2. The van der Waals surface area contributed by atoms with Crippen molar-refractivity contribution in [2.24, 2.45) is 10.7 Å². The van der Waals surface area contributed by atoms with Crippen LogP contribution in [0.2, 0.25) is 0 Å². The zero-order chi connectivity index (χ0) is 14.9. The molecule has 0 bridgehead atoms. The molecule has 0 heterocycles. The summed E-state index contributed by atoms with van der Waals surface area (Å²) in [5.74, 6) is 0.479. The molecule has 0 spiro atoms. The summed E-state index contributed by atoms with van der Waals surface area (Å²) in [5, 5.41) is 3.12. The first-order valence-corrected chi connectivity index (χ1v) is 7.47. The molecule has 0 aromatic heterocycles. The highest BCUT2D eigenvalue weighted by Crippen LogP contribution is 2.09. The Kier molecular flexibility index (Phi) is 5.83. The quantitative estimate of drug-likeness (QED) is 0.483. The van der Waals surface area contributed by atoms with Crippen molar-refractivity contribution in [3.8, 4) is 0 Å². The van der Waals surface area contributed by atoms with Gasteiger partial charge in [-0.05, 0) is 42.5 Å². The molecule has 2 rings (SSSR count). The summed E-state index contributed by atoms with van der Waals surface area (Å²) < 4.78 is 0. The summed E-state index contributed by atoms with van der Waals surface area (Å²) in [6, 6.07) is 18.7. The fourth-order valence-corrected chi connectivity index (χ4v) is 2.14. The largest absolute Gasteiger partial charge is 0.370 e. The van der Waals surface area contributed by atoms with Crippen molar-refractivity contribution in [2.45, 2.75) is 26.2 Å². The summed E-state index contributed by atoms with van der Waals surface area (Å²) >= 11 is 0. The maximum atomic E-state index is 5.89. The highest BCUT2D eigenvalue weighted by Gasteiger charge is 1.96. The average Bonchev–Trinajstić information content (AvgIpc) is 2.53. The number of benzene rings is 2. The lowest BCUT2D eigenvalue weighted by Crippen LogP contribution is -2.22. The molecule has 0 fully saturated rings. The first-order valence-electron chi connectivity index (χ1n) is 7.47. The van der Waals surface area contributed by atoms with Gasteiger partial charge in [0.25, 0.3) is 0 Å². The zero-order valence-electron chi connectivity index (χ0n) is 12.5. The fourth-order valence-electron chi connectivity index (χ4n) is 2.14. The number of nitrogens with one attached hydrogen (secondary N) is 1. The molecule has 2 aromatic carbocycles. The molecule has 0 amide bonds. The zero-order valence-corrected chi connectivity index (χ0v) is 12.5. The summed E-state index contributed by atoms with van der Waals surface area (Å²) in [6.45, 7) is 2.88. The summed E-state index contributed by atoms with van der Waals surface area (Å²) in [6.07, 6.45) is 3.08. The minimum atomic E-state index is 0.479. The topological polar surface area (TPSA) is 50.4 Å². The molecular weight excluding hydrogens is 258 g/mol. The number of aliphatic imine (C=N–C) groups is 1. The number of nitrogens with two attached hydrogens (primary N) is 1. The van der Waals surface area contributed by atoms with Crippen molar-refractivity contribution in [2.75, 3.05) is 11.9 Å². The van der Waals surface area contributed by atoms with Crippen LogP contribution in [0.5, 0.6) is 0 Å². The van der Waals surface area contributed by atoms with Crippen molar-refractivity contribution in [1.82, 2.24) is 0 Å². The molecule has 110 valence electrons. The van der Waals surface area contributed by atoms with E-state index in [2.05, 4.69) is 53.6 Å². The Balaban J connectivity index is 1.75. The van der Waals surface area contributed by atoms with E-state index >= 15 is 0 Å². The normalized spacial score (nSPS) is 11.4. The lowest BCUT2D eigenvalue weighted by molar-refractivity contribution is 0.832. The smallest absolute Gasteiger partial charge is 0.193 e. The van der Waals surface area contributed by atoms with E-state index in [4.69, 9.17) is 5.73 Å². The van der Waals surface area contributed by atoms with Crippen molar-refractivity contribution < 1.29 is 0 Å². The van der Waals surface area contributed by atoms with Gasteiger partial charge in [0.1, 0.15) is 0 Å².